The lowest BCUT2D eigenvalue weighted by molar-refractivity contribution is 0.756. The first-order valence-corrected chi connectivity index (χ1v) is 9.19. The van der Waals surface area contributed by atoms with Crippen LogP contribution in [0.2, 0.25) is 0 Å². The minimum atomic E-state index is 0.758. The van der Waals surface area contributed by atoms with Gasteiger partial charge in [-0.1, -0.05) is 48.0 Å². The molecule has 0 aliphatic carbocycles. The van der Waals surface area contributed by atoms with Crippen molar-refractivity contribution in [2.45, 2.75) is 33.2 Å². The van der Waals surface area contributed by atoms with Crippen LogP contribution in [-0.4, -0.2) is 16.5 Å². The second-order valence-corrected chi connectivity index (χ2v) is 6.89. The second kappa shape index (κ2) is 7.16. The van der Waals surface area contributed by atoms with E-state index >= 15 is 0 Å². The van der Waals surface area contributed by atoms with Crippen molar-refractivity contribution in [3.8, 4) is 0 Å². The average Bonchev–Trinajstić information content (AvgIpc) is 2.65. The number of hydrogen-bond acceptors (Lipinski definition) is 4. The van der Waals surface area contributed by atoms with Gasteiger partial charge in [-0.2, -0.15) is 0 Å². The third kappa shape index (κ3) is 3.54. The van der Waals surface area contributed by atoms with E-state index < -0.39 is 0 Å². The predicted molar refractivity (Wildman–Crippen MR) is 107 cm³/mol. The number of anilines is 3. The van der Waals surface area contributed by atoms with Gasteiger partial charge in [-0.15, -0.1) is 0 Å². The Kier molecular flexibility index (Phi) is 4.57. The zero-order chi connectivity index (χ0) is 17.9. The first-order valence-electron chi connectivity index (χ1n) is 9.19. The number of nitrogens with zero attached hydrogens (tertiary/aromatic N) is 3. The van der Waals surface area contributed by atoms with Crippen LogP contribution in [0.25, 0.3) is 0 Å². The zero-order valence-electron chi connectivity index (χ0n) is 15.4. The largest absolute Gasteiger partial charge is 0.366 e. The molecule has 0 saturated carbocycles. The summed E-state index contributed by atoms with van der Waals surface area (Å²) >= 11 is 0. The summed E-state index contributed by atoms with van der Waals surface area (Å²) < 4.78 is 0. The zero-order valence-corrected chi connectivity index (χ0v) is 15.4. The fraction of sp³-hybridized carbons (Fsp3) is 0.273. The van der Waals surface area contributed by atoms with Crippen molar-refractivity contribution in [3.63, 3.8) is 0 Å². The molecule has 0 bridgehead atoms. The van der Waals surface area contributed by atoms with Crippen molar-refractivity contribution in [3.05, 3.63) is 77.1 Å². The predicted octanol–water partition coefficient (Wildman–Crippen LogP) is 4.79. The maximum atomic E-state index is 4.70. The number of rotatable bonds is 4. The van der Waals surface area contributed by atoms with Gasteiger partial charge in [0, 0.05) is 24.8 Å². The summed E-state index contributed by atoms with van der Waals surface area (Å²) in [6, 6.07) is 19.2. The highest BCUT2D eigenvalue weighted by atomic mass is 15.2. The topological polar surface area (TPSA) is 41.0 Å². The molecule has 2 heterocycles. The molecule has 0 atom stereocenters. The second-order valence-electron chi connectivity index (χ2n) is 6.89. The van der Waals surface area contributed by atoms with Crippen LogP contribution in [0.15, 0.2) is 54.6 Å². The van der Waals surface area contributed by atoms with Crippen LogP contribution in [0.4, 0.5) is 17.3 Å². The Balaban J connectivity index is 1.59. The van der Waals surface area contributed by atoms with E-state index in [0.29, 0.717) is 0 Å². The van der Waals surface area contributed by atoms with Crippen LogP contribution in [0.1, 0.15) is 28.9 Å². The smallest absolute Gasteiger partial charge is 0.138 e. The van der Waals surface area contributed by atoms with Crippen molar-refractivity contribution in [1.29, 1.82) is 0 Å². The Labute approximate surface area is 154 Å². The number of aromatic nitrogens is 2. The summed E-state index contributed by atoms with van der Waals surface area (Å²) in [5, 5.41) is 3.45. The molecule has 2 aromatic carbocycles. The Bertz CT molecular complexity index is 920. The number of nitrogens with one attached hydrogen (secondary N) is 1. The molecule has 0 amide bonds. The maximum absolute atomic E-state index is 4.70. The van der Waals surface area contributed by atoms with E-state index in [0.717, 1.165) is 43.4 Å². The quantitative estimate of drug-likeness (QED) is 0.739. The molecule has 1 N–H and O–H groups in total. The van der Waals surface area contributed by atoms with Crippen molar-refractivity contribution in [2.24, 2.45) is 0 Å². The van der Waals surface area contributed by atoms with Crippen LogP contribution in [0, 0.1) is 13.8 Å². The number of fused-ring (bicyclic) bond motifs is 1. The lowest BCUT2D eigenvalue weighted by Crippen LogP contribution is -2.25. The number of hydrogen-bond donors (Lipinski definition) is 1. The first-order chi connectivity index (χ1) is 12.7. The van der Waals surface area contributed by atoms with Gasteiger partial charge in [0.05, 0.1) is 0 Å². The molecule has 4 heteroatoms. The Hall–Kier alpha value is -2.88. The van der Waals surface area contributed by atoms with Gasteiger partial charge < -0.3 is 10.2 Å². The van der Waals surface area contributed by atoms with E-state index in [9.17, 15) is 0 Å². The molecule has 3 aromatic rings. The lowest BCUT2D eigenvalue weighted by atomic mass is 10.0. The van der Waals surface area contributed by atoms with E-state index in [-0.39, 0.29) is 0 Å². The highest BCUT2D eigenvalue weighted by Gasteiger charge is 2.19. The summed E-state index contributed by atoms with van der Waals surface area (Å²) in [6.45, 7) is 5.82. The highest BCUT2D eigenvalue weighted by Crippen LogP contribution is 2.33. The molecule has 1 aromatic heterocycles. The number of aryl methyl sites for hydroxylation is 3. The molecule has 26 heavy (non-hydrogen) atoms. The standard InChI is InChI=1S/C22H24N4/c1-16-7-5-8-18(13-16)15-23-21-14-22(25-17(2)24-21)26-12-6-10-19-9-3-4-11-20(19)26/h3-5,7-9,11,13-14H,6,10,12,15H2,1-2H3,(H,23,24,25). The minimum Gasteiger partial charge on any atom is -0.366 e. The summed E-state index contributed by atoms with van der Waals surface area (Å²) in [5.74, 6) is 2.63. The SMILES string of the molecule is Cc1cccc(CNc2cc(N3CCCc4ccccc43)nc(C)n2)c1. The van der Waals surface area contributed by atoms with Gasteiger partial charge in [0.25, 0.3) is 0 Å². The van der Waals surface area contributed by atoms with Crippen LogP contribution in [0.5, 0.6) is 0 Å². The van der Waals surface area contributed by atoms with Crippen LogP contribution in [0.3, 0.4) is 0 Å². The first kappa shape index (κ1) is 16.6. The van der Waals surface area contributed by atoms with Crippen LogP contribution in [-0.2, 0) is 13.0 Å². The maximum Gasteiger partial charge on any atom is 0.138 e. The van der Waals surface area contributed by atoms with E-state index in [1.807, 2.05) is 6.92 Å². The fourth-order valence-electron chi connectivity index (χ4n) is 3.57. The molecular weight excluding hydrogens is 320 g/mol. The van der Waals surface area contributed by atoms with Crippen molar-refractivity contribution < 1.29 is 0 Å². The van der Waals surface area contributed by atoms with Crippen LogP contribution >= 0.6 is 0 Å². The van der Waals surface area contributed by atoms with Gasteiger partial charge in [0.2, 0.25) is 0 Å². The minimum absolute atomic E-state index is 0.758. The van der Waals surface area contributed by atoms with Crippen molar-refractivity contribution >= 4 is 17.3 Å². The monoisotopic (exact) mass is 344 g/mol. The highest BCUT2D eigenvalue weighted by molar-refractivity contribution is 5.67. The molecule has 1 aliphatic heterocycles. The molecule has 0 fully saturated rings. The van der Waals surface area contributed by atoms with Gasteiger partial charge in [-0.25, -0.2) is 9.97 Å². The Morgan fingerprint density at radius 3 is 2.77 bits per heavy atom. The molecule has 4 nitrogen and oxygen atoms in total. The van der Waals surface area contributed by atoms with Crippen molar-refractivity contribution in [2.75, 3.05) is 16.8 Å². The third-order valence-electron chi connectivity index (χ3n) is 4.77. The van der Waals surface area contributed by atoms with Gasteiger partial charge in [-0.05, 0) is 43.9 Å². The summed E-state index contributed by atoms with van der Waals surface area (Å²) in [7, 11) is 0. The molecule has 1 aliphatic rings. The van der Waals surface area contributed by atoms with E-state index in [1.54, 1.807) is 0 Å². The van der Waals surface area contributed by atoms with E-state index in [1.165, 1.54) is 22.4 Å². The van der Waals surface area contributed by atoms with Gasteiger partial charge in [0.15, 0.2) is 0 Å². The lowest BCUT2D eigenvalue weighted by Gasteiger charge is -2.30. The molecule has 0 saturated heterocycles. The van der Waals surface area contributed by atoms with Gasteiger partial charge in [-0.3, -0.25) is 0 Å². The average molecular weight is 344 g/mol. The fourth-order valence-corrected chi connectivity index (χ4v) is 3.57. The number of benzene rings is 2. The molecule has 0 unspecified atom stereocenters. The normalized spacial score (nSPS) is 13.4. The Morgan fingerprint density at radius 2 is 1.88 bits per heavy atom. The van der Waals surface area contributed by atoms with Gasteiger partial charge >= 0.3 is 0 Å². The molecule has 4 rings (SSSR count). The van der Waals surface area contributed by atoms with Gasteiger partial charge in [0.1, 0.15) is 17.5 Å². The molecule has 132 valence electrons. The molecule has 0 spiro atoms. The van der Waals surface area contributed by atoms with Crippen LogP contribution < -0.4 is 10.2 Å². The summed E-state index contributed by atoms with van der Waals surface area (Å²) in [5.41, 5.74) is 5.19. The Morgan fingerprint density at radius 1 is 1.00 bits per heavy atom. The molecular formula is C22H24N4. The molecule has 0 radical (unpaired) electrons. The summed E-state index contributed by atoms with van der Waals surface area (Å²) in [4.78, 5) is 11.6. The third-order valence-corrected chi connectivity index (χ3v) is 4.77. The van der Waals surface area contributed by atoms with Crippen molar-refractivity contribution in [1.82, 2.24) is 9.97 Å². The van der Waals surface area contributed by atoms with E-state index in [2.05, 4.69) is 76.7 Å². The number of para-hydroxylation sites is 1. The van der Waals surface area contributed by atoms with E-state index in [4.69, 9.17) is 4.98 Å². The summed E-state index contributed by atoms with van der Waals surface area (Å²) in [6.07, 6.45) is 2.28.